The summed E-state index contributed by atoms with van der Waals surface area (Å²) in [7, 11) is 0. The minimum atomic E-state index is -0.533. The van der Waals surface area contributed by atoms with Gasteiger partial charge in [-0.25, -0.2) is 22.8 Å². The summed E-state index contributed by atoms with van der Waals surface area (Å²) in [6, 6.07) is 15.7. The highest BCUT2D eigenvalue weighted by molar-refractivity contribution is 6.31. The normalized spacial score (nSPS) is 19.6. The molecule has 3 aliphatic carbocycles. The van der Waals surface area contributed by atoms with Crippen LogP contribution in [0.4, 0.5) is 22.8 Å². The van der Waals surface area contributed by atoms with E-state index in [2.05, 4.69) is 30.4 Å². The van der Waals surface area contributed by atoms with Gasteiger partial charge in [-0.3, -0.25) is 0 Å². The van der Waals surface area contributed by atoms with Gasteiger partial charge in [-0.05, 0) is 174 Å². The predicted octanol–water partition coefficient (Wildman–Crippen LogP) is 13.9. The van der Waals surface area contributed by atoms with E-state index in [1.807, 2.05) is 53.7 Å². The smallest absolute Gasteiger partial charge is 0.407 e. The van der Waals surface area contributed by atoms with E-state index in [1.54, 1.807) is 42.5 Å². The first-order chi connectivity index (χ1) is 30.8. The third kappa shape index (κ3) is 22.8. The van der Waals surface area contributed by atoms with Crippen molar-refractivity contribution >= 4 is 71.0 Å². The molecule has 3 aromatic rings. The third-order valence-electron chi connectivity index (χ3n) is 9.93. The van der Waals surface area contributed by atoms with Crippen LogP contribution in [0.15, 0.2) is 91.8 Å². The third-order valence-corrected chi connectivity index (χ3v) is 10.9. The summed E-state index contributed by atoms with van der Waals surface area (Å²) in [5.74, 6) is 1.92. The van der Waals surface area contributed by atoms with Gasteiger partial charge in [0.15, 0.2) is 0 Å². The van der Waals surface area contributed by atoms with Crippen LogP contribution in [-0.2, 0) is 9.47 Å². The molecule has 0 aromatic heterocycles. The van der Waals surface area contributed by atoms with Crippen molar-refractivity contribution in [1.29, 1.82) is 0 Å². The number of alkyl halides is 1. The van der Waals surface area contributed by atoms with Crippen LogP contribution in [0.25, 0.3) is 0 Å². The lowest BCUT2D eigenvalue weighted by Crippen LogP contribution is -2.33. The van der Waals surface area contributed by atoms with E-state index < -0.39 is 40.9 Å². The average Bonchev–Trinajstić information content (AvgIpc) is 4.12. The minimum absolute atomic E-state index is 0. The first kappa shape index (κ1) is 59.1. The molecule has 0 radical (unpaired) electrons. The fourth-order valence-electron chi connectivity index (χ4n) is 6.67. The van der Waals surface area contributed by atoms with Crippen LogP contribution < -0.4 is 25.8 Å². The number of hydrogen-bond acceptors (Lipinski definition) is 8. The number of allylic oxidation sites excluding steroid dienone is 1. The summed E-state index contributed by atoms with van der Waals surface area (Å²) in [6.07, 6.45) is 2.05. The number of hydrogen-bond donors (Lipinski definition) is 4. The Morgan fingerprint density at radius 1 is 0.657 bits per heavy atom. The molecule has 18 heteroatoms. The topological polar surface area (TPSA) is 141 Å². The Labute approximate surface area is 419 Å². The molecule has 3 aliphatic rings. The van der Waals surface area contributed by atoms with Crippen molar-refractivity contribution in [3.63, 3.8) is 0 Å². The van der Waals surface area contributed by atoms with Crippen molar-refractivity contribution in [1.82, 2.24) is 10.6 Å². The molecule has 6 rings (SSSR count). The first-order valence-electron chi connectivity index (χ1n) is 21.3. The highest BCUT2D eigenvalue weighted by Crippen LogP contribution is 2.52. The molecule has 2 amide bonds. The molecule has 372 valence electrons. The summed E-state index contributed by atoms with van der Waals surface area (Å²) in [5, 5.41) is 17.2. The maximum atomic E-state index is 12.8. The highest BCUT2D eigenvalue weighted by Gasteiger charge is 2.42. The first-order valence-corrected chi connectivity index (χ1v) is 23.0. The van der Waals surface area contributed by atoms with Gasteiger partial charge in [-0.15, -0.1) is 24.0 Å². The average molecular weight is 1040 g/mol. The van der Waals surface area contributed by atoms with Gasteiger partial charge in [0.05, 0.1) is 5.88 Å². The van der Waals surface area contributed by atoms with Gasteiger partial charge in [0.25, 0.3) is 0 Å². The van der Waals surface area contributed by atoms with Crippen molar-refractivity contribution in [3.8, 4) is 17.2 Å². The zero-order valence-electron chi connectivity index (χ0n) is 38.7. The second-order valence-corrected chi connectivity index (χ2v) is 19.7. The summed E-state index contributed by atoms with van der Waals surface area (Å²) < 4.78 is 57.7. The van der Waals surface area contributed by atoms with Crippen LogP contribution in [0, 0.1) is 17.8 Å². The molecule has 0 saturated heterocycles. The second kappa shape index (κ2) is 27.3. The van der Waals surface area contributed by atoms with Gasteiger partial charge in [0.2, 0.25) is 0 Å². The van der Waals surface area contributed by atoms with Crippen LogP contribution in [0.1, 0.15) is 95.2 Å². The number of phenolic OH excluding ortho intramolecular Hbond substituents is 1. The van der Waals surface area contributed by atoms with Crippen molar-refractivity contribution in [2.24, 2.45) is 23.5 Å². The number of carbonyl (C=O) groups is 2. The van der Waals surface area contributed by atoms with Crippen molar-refractivity contribution in [2.45, 2.75) is 89.8 Å². The van der Waals surface area contributed by atoms with Gasteiger partial charge >= 0.3 is 12.2 Å². The van der Waals surface area contributed by atoms with E-state index >= 15 is 0 Å². The van der Waals surface area contributed by atoms with Gasteiger partial charge in [0, 0.05) is 28.2 Å². The fraction of sp³-hybridized carbons (Fsp3) is 0.469. The van der Waals surface area contributed by atoms with Gasteiger partial charge in [-0.1, -0.05) is 54.5 Å². The number of nitrogens with one attached hydrogen (secondary N) is 2. The van der Waals surface area contributed by atoms with Crippen LogP contribution in [-0.4, -0.2) is 67.2 Å². The zero-order valence-corrected chi connectivity index (χ0v) is 42.5. The Kier molecular flexibility index (Phi) is 24.1. The number of aromatic hydroxyl groups is 1. The summed E-state index contributed by atoms with van der Waals surface area (Å²) in [6.45, 7) is 21.6. The molecular weight excluding hydrogens is 977 g/mol. The lowest BCUT2D eigenvalue weighted by atomic mass is 10.1. The van der Waals surface area contributed by atoms with E-state index in [-0.39, 0.29) is 55.0 Å². The van der Waals surface area contributed by atoms with Gasteiger partial charge < -0.3 is 40.4 Å². The predicted molar refractivity (Wildman–Crippen MR) is 266 cm³/mol. The summed E-state index contributed by atoms with van der Waals surface area (Å²) in [5.41, 5.74) is 7.43. The Morgan fingerprint density at radius 2 is 1.00 bits per heavy atom. The Bertz CT molecular complexity index is 2150. The van der Waals surface area contributed by atoms with E-state index in [0.29, 0.717) is 64.0 Å². The van der Waals surface area contributed by atoms with Crippen LogP contribution in [0.5, 0.6) is 17.2 Å². The Hall–Kier alpha value is -3.98. The molecule has 0 bridgehead atoms. The molecule has 3 fully saturated rings. The number of ether oxygens (including phenoxy) is 4. The van der Waals surface area contributed by atoms with Crippen LogP contribution in [0.2, 0.25) is 15.1 Å². The molecular formula is C49H63Cl5F3N3O7. The SMILES string of the molecule is C=C(F)CCl.C=C(F)COc1ccc(Cl)cc1C1CC1CN.C=C(F)COc1ccc(Cl)cc1C1CC1CNC(=O)OC(C)(C)C.CC(C)(C)OC(=O)NCC1CC1c1cc(Cl)ccc1O.Cl. The Morgan fingerprint density at radius 3 is 1.34 bits per heavy atom. The number of nitrogens with two attached hydrogens (primary N) is 1. The lowest BCUT2D eigenvalue weighted by Gasteiger charge is -2.19. The van der Waals surface area contributed by atoms with Crippen molar-refractivity contribution in [2.75, 3.05) is 38.7 Å². The lowest BCUT2D eigenvalue weighted by molar-refractivity contribution is 0.0513. The van der Waals surface area contributed by atoms with Crippen molar-refractivity contribution < 1.29 is 46.8 Å². The van der Waals surface area contributed by atoms with E-state index in [9.17, 15) is 27.9 Å². The molecule has 5 N–H and O–H groups in total. The number of phenols is 1. The van der Waals surface area contributed by atoms with E-state index in [0.717, 1.165) is 36.0 Å². The molecule has 6 atom stereocenters. The van der Waals surface area contributed by atoms with E-state index in [4.69, 9.17) is 71.1 Å². The number of carbonyl (C=O) groups excluding carboxylic acids is 2. The molecule has 0 heterocycles. The maximum absolute atomic E-state index is 12.8. The monoisotopic (exact) mass is 1040 g/mol. The summed E-state index contributed by atoms with van der Waals surface area (Å²) in [4.78, 5) is 23.3. The molecule has 10 nitrogen and oxygen atoms in total. The molecule has 0 aliphatic heterocycles. The number of amides is 2. The Balaban J connectivity index is 0.000000329. The highest BCUT2D eigenvalue weighted by atomic mass is 35.5. The summed E-state index contributed by atoms with van der Waals surface area (Å²) >= 11 is 22.8. The van der Waals surface area contributed by atoms with E-state index in [1.165, 1.54) is 0 Å². The number of benzene rings is 3. The van der Waals surface area contributed by atoms with Crippen LogP contribution in [0.3, 0.4) is 0 Å². The number of alkyl carbamates (subject to hydrolysis) is 2. The molecule has 3 saturated carbocycles. The number of halogens is 8. The number of rotatable bonds is 15. The minimum Gasteiger partial charge on any atom is -0.508 e. The standard InChI is InChI=1S/C18H23ClFNO3.C15H20ClNO3.C13H15ClFNO.C3H4ClF.ClH/c1-11(20)10-23-16-6-5-13(19)8-15(16)14-7-12(14)9-21-17(22)24-18(2,3)4;1-15(2,3)20-14(19)17-8-9-6-11(9)12-7-10(16)4-5-13(12)18;1-8(15)7-17-13-3-2-10(14)5-12(13)11-4-9(11)6-16;1-3(5)2-4;/h5-6,8,12,14H,1,7,9-10H2,2-4H3,(H,21,22);4-5,7,9,11,18H,6,8H2,1-3H3,(H,17,19);2-3,5,9,11H,1,4,6-7,16H2;1-2H2;1H. The fourth-order valence-corrected chi connectivity index (χ4v) is 7.21. The quantitative estimate of drug-likeness (QED) is 0.110. The van der Waals surface area contributed by atoms with Gasteiger partial charge in [0.1, 0.15) is 59.1 Å². The molecule has 0 spiro atoms. The van der Waals surface area contributed by atoms with Crippen LogP contribution >= 0.6 is 58.8 Å². The molecule has 6 unspecified atom stereocenters. The molecule has 3 aromatic carbocycles. The largest absolute Gasteiger partial charge is 0.508 e. The maximum Gasteiger partial charge on any atom is 0.407 e. The second-order valence-electron chi connectivity index (χ2n) is 18.1. The van der Waals surface area contributed by atoms with Gasteiger partial charge in [-0.2, -0.15) is 0 Å². The zero-order chi connectivity index (χ0) is 49.5. The molecule has 67 heavy (non-hydrogen) atoms. The van der Waals surface area contributed by atoms with Crippen molar-refractivity contribution in [3.05, 3.63) is 124 Å².